The van der Waals surface area contributed by atoms with Crippen molar-refractivity contribution in [3.8, 4) is 5.75 Å². The van der Waals surface area contributed by atoms with E-state index in [9.17, 15) is 19.7 Å². The Labute approximate surface area is 298 Å². The molecule has 3 saturated heterocycles. The number of rotatable bonds is 10. The highest BCUT2D eigenvalue weighted by atomic mass is 35.5. The molecule has 3 fully saturated rings. The number of hydrogen-bond donors (Lipinski definition) is 2. The number of phenols is 1. The lowest BCUT2D eigenvalue weighted by molar-refractivity contribution is -0.144. The van der Waals surface area contributed by atoms with Crippen molar-refractivity contribution in [3.63, 3.8) is 0 Å². The predicted molar refractivity (Wildman–Crippen MR) is 193 cm³/mol. The molecule has 260 valence electrons. The van der Waals surface area contributed by atoms with E-state index in [1.54, 1.807) is 30.3 Å². The lowest BCUT2D eigenvalue weighted by Gasteiger charge is -2.43. The fraction of sp³-hybridized carbons (Fsp3) is 0.410. The lowest BCUT2D eigenvalue weighted by atomic mass is 9.58. The highest BCUT2D eigenvalue weighted by Gasteiger charge is 2.58. The zero-order chi connectivity index (χ0) is 34.8. The highest BCUT2D eigenvalue weighted by Crippen LogP contribution is 2.51. The Morgan fingerprint density at radius 2 is 1.84 bits per heavy atom. The maximum Gasteiger partial charge on any atom is 0.455 e. The normalized spacial score (nSPS) is 24.9. The number of aromatic nitrogens is 1. The highest BCUT2D eigenvalue weighted by molar-refractivity contribution is 6.43. The second-order valence-electron chi connectivity index (χ2n) is 13.9. The third-order valence-corrected chi connectivity index (χ3v) is 11.1. The first-order valence-corrected chi connectivity index (χ1v) is 18.0. The molecule has 9 nitrogen and oxygen atoms in total. The molecule has 2 aromatic carbocycles. The van der Waals surface area contributed by atoms with Crippen LogP contribution in [0.4, 0.5) is 0 Å². The van der Waals surface area contributed by atoms with Gasteiger partial charge in [0.05, 0.1) is 35.3 Å². The van der Waals surface area contributed by atoms with Gasteiger partial charge in [-0.25, -0.2) is 0 Å². The molecular weight excluding hydrogens is 653 g/mol. The first-order valence-electron chi connectivity index (χ1n) is 17.6. The first kappa shape index (κ1) is 34.6. The van der Waals surface area contributed by atoms with Crippen LogP contribution in [0.3, 0.4) is 0 Å². The number of methoxy groups -OCH3 is 1. The maximum absolute atomic E-state index is 14.3. The van der Waals surface area contributed by atoms with Crippen LogP contribution in [0.25, 0.3) is 11.6 Å². The topological polar surface area (TPSA) is 112 Å². The van der Waals surface area contributed by atoms with Crippen molar-refractivity contribution in [3.05, 3.63) is 106 Å². The molecule has 0 saturated carbocycles. The molecule has 0 radical (unpaired) electrons. The predicted octanol–water partition coefficient (Wildman–Crippen LogP) is 5.87. The minimum atomic E-state index is -1.07. The van der Waals surface area contributed by atoms with Crippen molar-refractivity contribution in [2.75, 3.05) is 26.8 Å². The number of nitrogens with zero attached hydrogens (tertiary/aromatic N) is 3. The summed E-state index contributed by atoms with van der Waals surface area (Å²) < 4.78 is 11.9. The van der Waals surface area contributed by atoms with Gasteiger partial charge < -0.3 is 19.5 Å². The maximum atomic E-state index is 14.3. The monoisotopic (exact) mass is 695 g/mol. The number of ether oxygens (including phenoxy) is 1. The van der Waals surface area contributed by atoms with E-state index >= 15 is 0 Å². The van der Waals surface area contributed by atoms with E-state index in [1.165, 1.54) is 11.6 Å². The van der Waals surface area contributed by atoms with E-state index in [4.69, 9.17) is 21.0 Å². The van der Waals surface area contributed by atoms with Crippen LogP contribution in [0.1, 0.15) is 48.9 Å². The van der Waals surface area contributed by atoms with Gasteiger partial charge >= 0.3 is 7.12 Å². The van der Waals surface area contributed by atoms with Crippen molar-refractivity contribution >= 4 is 42.2 Å². The van der Waals surface area contributed by atoms with Crippen molar-refractivity contribution in [1.82, 2.24) is 14.8 Å². The zero-order valence-electron chi connectivity index (χ0n) is 28.3. The largest absolute Gasteiger partial charge is 0.508 e. The van der Waals surface area contributed by atoms with Gasteiger partial charge in [-0.2, -0.15) is 0 Å². The minimum Gasteiger partial charge on any atom is -0.508 e. The van der Waals surface area contributed by atoms with Crippen LogP contribution in [0.15, 0.2) is 84.1 Å². The van der Waals surface area contributed by atoms with Gasteiger partial charge in [0.15, 0.2) is 0 Å². The molecule has 3 aliphatic heterocycles. The van der Waals surface area contributed by atoms with E-state index in [2.05, 4.69) is 22.0 Å². The molecule has 50 heavy (non-hydrogen) atoms. The molecule has 1 aliphatic carbocycles. The van der Waals surface area contributed by atoms with Crippen molar-refractivity contribution in [1.29, 1.82) is 0 Å². The zero-order valence-corrected chi connectivity index (χ0v) is 29.0. The standard InChI is InChI=1S/C39H43BClN3O6/c1-49-24-28-20-31-37(39(47)44(38(31)46)29-14-17-43(18-15-29)23-25-7-3-2-4-8-25)32-22-40(48)50-35(36(28)32)13-11-27(34-9-5-6-16-42-34)19-26-10-12-30(45)21-33(26)41/h2-10,12,16,19,21,29,31-32,35,37,45,48H,11,13-15,17-18,20,22-24H2,1H3/b27-19-/t31-,32+,35-,37-/m1/s1. The molecule has 0 spiro atoms. The molecule has 4 atom stereocenters. The number of phenolic OH excluding ortho intramolecular Hbond substituents is 1. The molecule has 0 unspecified atom stereocenters. The summed E-state index contributed by atoms with van der Waals surface area (Å²) in [6.07, 6.45) is 6.48. The first-order chi connectivity index (χ1) is 24.3. The molecule has 4 aliphatic rings. The molecule has 11 heteroatoms. The Hall–Kier alpha value is -3.80. The summed E-state index contributed by atoms with van der Waals surface area (Å²) in [4.78, 5) is 37.0. The molecular formula is C39H43BClN3O6. The van der Waals surface area contributed by atoms with E-state index in [1.807, 2.05) is 42.5 Å². The molecule has 4 heterocycles. The average Bonchev–Trinajstić information content (AvgIpc) is 3.37. The minimum absolute atomic E-state index is 0.0853. The Morgan fingerprint density at radius 1 is 1.06 bits per heavy atom. The summed E-state index contributed by atoms with van der Waals surface area (Å²) in [6.45, 7) is 2.83. The van der Waals surface area contributed by atoms with Gasteiger partial charge in [-0.3, -0.25) is 24.4 Å². The summed E-state index contributed by atoms with van der Waals surface area (Å²) in [5.41, 5.74) is 5.67. The number of likely N-dealkylation sites (tertiary alicyclic amines) is 2. The smallest absolute Gasteiger partial charge is 0.455 e. The Balaban J connectivity index is 1.12. The Morgan fingerprint density at radius 3 is 2.56 bits per heavy atom. The number of fused-ring (bicyclic) bond motifs is 3. The number of halogens is 1. The number of amides is 2. The third-order valence-electron chi connectivity index (χ3n) is 10.8. The fourth-order valence-corrected chi connectivity index (χ4v) is 8.80. The van der Waals surface area contributed by atoms with E-state index in [0.29, 0.717) is 30.9 Å². The number of hydrogen-bond acceptors (Lipinski definition) is 8. The van der Waals surface area contributed by atoms with E-state index in [-0.39, 0.29) is 35.8 Å². The van der Waals surface area contributed by atoms with Crippen LogP contribution in [0.5, 0.6) is 5.75 Å². The number of aromatic hydroxyl groups is 1. The lowest BCUT2D eigenvalue weighted by Crippen LogP contribution is -2.48. The van der Waals surface area contributed by atoms with Crippen LogP contribution < -0.4 is 0 Å². The molecule has 2 amide bonds. The van der Waals surface area contributed by atoms with Gasteiger partial charge in [0.25, 0.3) is 0 Å². The molecule has 7 rings (SSSR count). The van der Waals surface area contributed by atoms with Gasteiger partial charge in [0, 0.05) is 39.0 Å². The summed E-state index contributed by atoms with van der Waals surface area (Å²) >= 11 is 6.49. The second-order valence-corrected chi connectivity index (χ2v) is 14.3. The SMILES string of the molecule is COCC1=C2[C@@H](CC/C(=C/c3ccc(O)cc3Cl)c3ccccn3)OB(O)C[C@@H]2[C@@H]2C(=O)N(C3CCN(Cc4ccccc4)CC3)C(=O)[C@@H]2C1. The number of benzene rings is 2. The summed E-state index contributed by atoms with van der Waals surface area (Å²) in [5, 5.41) is 21.4. The summed E-state index contributed by atoms with van der Waals surface area (Å²) in [7, 11) is 0.575. The number of pyridine rings is 1. The summed E-state index contributed by atoms with van der Waals surface area (Å²) in [5.74, 6) is -1.41. The number of carbonyl (C=O) groups is 2. The Kier molecular flexibility index (Phi) is 10.5. The van der Waals surface area contributed by atoms with Gasteiger partial charge in [-0.1, -0.05) is 48.0 Å². The van der Waals surface area contributed by atoms with Crippen LogP contribution in [0.2, 0.25) is 11.3 Å². The quantitative estimate of drug-likeness (QED) is 0.154. The molecule has 0 bridgehead atoms. The number of imide groups is 1. The van der Waals surface area contributed by atoms with Gasteiger partial charge in [0.2, 0.25) is 11.8 Å². The number of allylic oxidation sites excluding steroid dienone is 1. The second kappa shape index (κ2) is 15.2. The van der Waals surface area contributed by atoms with Crippen LogP contribution in [-0.4, -0.2) is 82.8 Å². The van der Waals surface area contributed by atoms with Crippen molar-refractivity contribution in [2.45, 2.75) is 57.1 Å². The third kappa shape index (κ3) is 7.18. The molecule has 1 aromatic heterocycles. The Bertz CT molecular complexity index is 1760. The van der Waals surface area contributed by atoms with Crippen LogP contribution in [-0.2, 0) is 25.5 Å². The van der Waals surface area contributed by atoms with Gasteiger partial charge in [-0.05, 0) is 109 Å². The molecule has 2 N–H and O–H groups in total. The van der Waals surface area contributed by atoms with Crippen LogP contribution >= 0.6 is 11.6 Å². The fourth-order valence-electron chi connectivity index (χ4n) is 8.57. The van der Waals surface area contributed by atoms with E-state index in [0.717, 1.165) is 60.5 Å². The number of piperidine rings is 1. The van der Waals surface area contributed by atoms with Gasteiger partial charge in [0.1, 0.15) is 5.75 Å². The van der Waals surface area contributed by atoms with Gasteiger partial charge in [-0.15, -0.1) is 0 Å². The summed E-state index contributed by atoms with van der Waals surface area (Å²) in [6, 6.07) is 20.8. The van der Waals surface area contributed by atoms with Crippen LogP contribution in [0, 0.1) is 17.8 Å². The van der Waals surface area contributed by atoms with Crippen molar-refractivity contribution < 1.29 is 29.1 Å². The van der Waals surface area contributed by atoms with E-state index < -0.39 is 25.1 Å². The number of carbonyl (C=O) groups excluding carboxylic acids is 2. The van der Waals surface area contributed by atoms with Crippen molar-refractivity contribution in [2.24, 2.45) is 17.8 Å². The molecule has 3 aromatic rings. The average molecular weight is 696 g/mol.